The lowest BCUT2D eigenvalue weighted by molar-refractivity contribution is 0.0719. The summed E-state index contributed by atoms with van der Waals surface area (Å²) in [5.41, 5.74) is 1.56. The molecule has 0 aromatic carbocycles. The number of aromatic nitrogens is 5. The van der Waals surface area contributed by atoms with Gasteiger partial charge in [-0.15, -0.1) is 0 Å². The van der Waals surface area contributed by atoms with Crippen molar-refractivity contribution in [1.29, 1.82) is 5.26 Å². The van der Waals surface area contributed by atoms with E-state index in [-0.39, 0.29) is 25.3 Å². The summed E-state index contributed by atoms with van der Waals surface area (Å²) in [4.78, 5) is 8.60. The van der Waals surface area contributed by atoms with Crippen molar-refractivity contribution in [3.63, 3.8) is 0 Å². The van der Waals surface area contributed by atoms with Crippen molar-refractivity contribution in [1.82, 2.24) is 28.6 Å². The van der Waals surface area contributed by atoms with Gasteiger partial charge in [-0.3, -0.25) is 4.68 Å². The number of hydrogen-bond donors (Lipinski definition) is 0. The predicted octanol–water partition coefficient (Wildman–Crippen LogP) is 1.21. The summed E-state index contributed by atoms with van der Waals surface area (Å²) in [5.74, 6) is 0.0426. The number of nitrogens with zero attached hydrogens (tertiary/aromatic N) is 7. The van der Waals surface area contributed by atoms with Crippen molar-refractivity contribution in [3.8, 4) is 17.3 Å². The fourth-order valence-electron chi connectivity index (χ4n) is 3.41. The molecule has 0 bridgehead atoms. The summed E-state index contributed by atoms with van der Waals surface area (Å²) in [6, 6.07) is 4.05. The van der Waals surface area contributed by atoms with Crippen LogP contribution in [0.5, 0.6) is 0 Å². The normalized spacial score (nSPS) is 16.9. The Hall–Kier alpha value is -2.77. The molecule has 0 saturated carbocycles. The van der Waals surface area contributed by atoms with Crippen LogP contribution in [0.15, 0.2) is 31.0 Å². The summed E-state index contributed by atoms with van der Waals surface area (Å²) in [6.07, 6.45) is 6.95. The maximum Gasteiger partial charge on any atom is 0.213 e. The largest absolute Gasteiger partial charge is 0.331 e. The van der Waals surface area contributed by atoms with Crippen molar-refractivity contribution in [2.45, 2.75) is 18.9 Å². The summed E-state index contributed by atoms with van der Waals surface area (Å²) in [7, 11) is 0.603. The first-order chi connectivity index (χ1) is 12.9. The van der Waals surface area contributed by atoms with Crippen molar-refractivity contribution >= 4 is 21.1 Å². The standard InChI is InChI=1S/C17H18N7O2S/c1-3-27(25,26)23-10-17(11-23,5-6-18)24-9-13(8-21-24)15-14-4-7-22(2)16(14)20-12-19-15/h4,7-9,12H,2-3,5,10-11H2,1H3. The summed E-state index contributed by atoms with van der Waals surface area (Å²) < 4.78 is 28.9. The van der Waals surface area contributed by atoms with E-state index in [0.29, 0.717) is 5.65 Å². The second-order valence-electron chi connectivity index (χ2n) is 6.65. The van der Waals surface area contributed by atoms with Gasteiger partial charge in [-0.25, -0.2) is 18.4 Å². The molecule has 0 spiro atoms. The summed E-state index contributed by atoms with van der Waals surface area (Å²) in [5, 5.41) is 14.5. The zero-order valence-corrected chi connectivity index (χ0v) is 15.6. The third-order valence-electron chi connectivity index (χ3n) is 5.01. The van der Waals surface area contributed by atoms with Gasteiger partial charge in [0.15, 0.2) is 0 Å². The van der Waals surface area contributed by atoms with Gasteiger partial charge in [0, 0.05) is 43.5 Å². The highest BCUT2D eigenvalue weighted by atomic mass is 32.2. The molecule has 1 fully saturated rings. The fraction of sp³-hybridized carbons (Fsp3) is 0.353. The molecular weight excluding hydrogens is 366 g/mol. The molecule has 27 heavy (non-hydrogen) atoms. The van der Waals surface area contributed by atoms with E-state index in [9.17, 15) is 13.7 Å². The first kappa shape index (κ1) is 17.6. The molecule has 10 heteroatoms. The fourth-order valence-corrected chi connectivity index (χ4v) is 4.65. The van der Waals surface area contributed by atoms with E-state index in [2.05, 4.69) is 28.2 Å². The van der Waals surface area contributed by atoms with Gasteiger partial charge in [-0.1, -0.05) is 0 Å². The van der Waals surface area contributed by atoms with Gasteiger partial charge in [0.1, 0.15) is 17.5 Å². The lowest BCUT2D eigenvalue weighted by Gasteiger charge is -2.47. The summed E-state index contributed by atoms with van der Waals surface area (Å²) >= 11 is 0. The van der Waals surface area contributed by atoms with Gasteiger partial charge in [-0.2, -0.15) is 14.7 Å². The maximum absolute atomic E-state index is 12.1. The molecule has 139 valence electrons. The van der Waals surface area contributed by atoms with E-state index in [0.717, 1.165) is 16.6 Å². The lowest BCUT2D eigenvalue weighted by Crippen LogP contribution is -2.64. The highest BCUT2D eigenvalue weighted by Gasteiger charge is 2.49. The molecule has 1 aliphatic rings. The van der Waals surface area contributed by atoms with E-state index in [1.165, 1.54) is 10.6 Å². The first-order valence-electron chi connectivity index (χ1n) is 8.43. The Morgan fingerprint density at radius 3 is 2.85 bits per heavy atom. The number of rotatable bonds is 5. The Labute approximate surface area is 156 Å². The minimum Gasteiger partial charge on any atom is -0.331 e. The molecule has 0 aliphatic carbocycles. The molecule has 3 aromatic heterocycles. The van der Waals surface area contributed by atoms with E-state index >= 15 is 0 Å². The molecular formula is C17H18N7O2S. The first-order valence-corrected chi connectivity index (χ1v) is 10.0. The van der Waals surface area contributed by atoms with E-state index < -0.39 is 15.6 Å². The molecule has 0 unspecified atom stereocenters. The molecule has 0 N–H and O–H groups in total. The number of nitriles is 1. The van der Waals surface area contributed by atoms with Gasteiger partial charge in [0.2, 0.25) is 10.0 Å². The molecule has 1 saturated heterocycles. The van der Waals surface area contributed by atoms with E-state index in [1.807, 2.05) is 18.5 Å². The second-order valence-corrected chi connectivity index (χ2v) is 8.90. The van der Waals surface area contributed by atoms with Crippen LogP contribution in [0.3, 0.4) is 0 Å². The predicted molar refractivity (Wildman–Crippen MR) is 98.7 cm³/mol. The summed E-state index contributed by atoms with van der Waals surface area (Å²) in [6.45, 7) is 2.10. The average Bonchev–Trinajstić information content (AvgIpc) is 3.25. The lowest BCUT2D eigenvalue weighted by atomic mass is 9.89. The van der Waals surface area contributed by atoms with Crippen molar-refractivity contribution in [3.05, 3.63) is 38.0 Å². The quantitative estimate of drug-likeness (QED) is 0.654. The monoisotopic (exact) mass is 384 g/mol. The van der Waals surface area contributed by atoms with Crippen LogP contribution in [-0.2, 0) is 15.6 Å². The van der Waals surface area contributed by atoms with Crippen molar-refractivity contribution < 1.29 is 8.42 Å². The minimum absolute atomic E-state index is 0.0426. The van der Waals surface area contributed by atoms with Crippen LogP contribution in [0.4, 0.5) is 0 Å². The number of fused-ring (bicyclic) bond motifs is 1. The van der Waals surface area contributed by atoms with Gasteiger partial charge in [0.25, 0.3) is 0 Å². The Bertz CT molecular complexity index is 1150. The van der Waals surface area contributed by atoms with Gasteiger partial charge in [-0.05, 0) is 13.0 Å². The Kier molecular flexibility index (Phi) is 4.01. The van der Waals surface area contributed by atoms with Crippen LogP contribution in [0.2, 0.25) is 0 Å². The topological polar surface area (TPSA) is 110 Å². The minimum atomic E-state index is -3.28. The average molecular weight is 384 g/mol. The molecule has 0 amide bonds. The molecule has 0 atom stereocenters. The van der Waals surface area contributed by atoms with Crippen LogP contribution >= 0.6 is 0 Å². The molecule has 9 nitrogen and oxygen atoms in total. The molecule has 4 rings (SSSR count). The molecule has 4 heterocycles. The molecule has 1 aliphatic heterocycles. The smallest absolute Gasteiger partial charge is 0.213 e. The van der Waals surface area contributed by atoms with Crippen LogP contribution in [0.1, 0.15) is 13.3 Å². The Morgan fingerprint density at radius 1 is 1.37 bits per heavy atom. The van der Waals surface area contributed by atoms with Gasteiger partial charge < -0.3 is 4.57 Å². The Morgan fingerprint density at radius 2 is 2.15 bits per heavy atom. The number of sulfonamides is 1. The maximum atomic E-state index is 12.1. The van der Waals surface area contributed by atoms with Crippen LogP contribution in [0, 0.1) is 18.4 Å². The van der Waals surface area contributed by atoms with Crippen molar-refractivity contribution in [2.24, 2.45) is 0 Å². The van der Waals surface area contributed by atoms with Crippen molar-refractivity contribution in [2.75, 3.05) is 18.8 Å². The van der Waals surface area contributed by atoms with Gasteiger partial charge >= 0.3 is 0 Å². The third-order valence-corrected chi connectivity index (χ3v) is 6.78. The molecule has 3 aromatic rings. The van der Waals surface area contributed by atoms with Crippen LogP contribution in [0.25, 0.3) is 22.3 Å². The zero-order chi connectivity index (χ0) is 19.2. The van der Waals surface area contributed by atoms with E-state index in [1.54, 1.807) is 22.4 Å². The highest BCUT2D eigenvalue weighted by molar-refractivity contribution is 7.89. The Balaban J connectivity index is 1.70. The number of hydrogen-bond acceptors (Lipinski definition) is 6. The third kappa shape index (κ3) is 2.70. The SMILES string of the molecule is [CH2]n1ccc2c(-c3cnn(C4(CC#N)CN(S(=O)(=O)CC)C4)c3)ncnc21. The van der Waals surface area contributed by atoms with Crippen LogP contribution in [-0.4, -0.2) is 55.9 Å². The van der Waals surface area contributed by atoms with Crippen LogP contribution < -0.4 is 0 Å². The van der Waals surface area contributed by atoms with E-state index in [4.69, 9.17) is 0 Å². The highest BCUT2D eigenvalue weighted by Crippen LogP contribution is 2.35. The molecule has 1 radical (unpaired) electrons. The van der Waals surface area contributed by atoms with Gasteiger partial charge in [0.05, 0.1) is 30.1 Å². The second kappa shape index (κ2) is 6.14. The zero-order valence-electron chi connectivity index (χ0n) is 14.8.